The molecule has 0 amide bonds. The molecule has 140 valence electrons. The molecule has 0 saturated carbocycles. The van der Waals surface area contributed by atoms with E-state index in [0.29, 0.717) is 5.57 Å². The van der Waals surface area contributed by atoms with Gasteiger partial charge < -0.3 is 10.2 Å². The van der Waals surface area contributed by atoms with E-state index in [0.717, 1.165) is 16.7 Å². The quantitative estimate of drug-likeness (QED) is 0.583. The smallest absolute Gasteiger partial charge is 0.118 e. The van der Waals surface area contributed by atoms with Gasteiger partial charge in [0.25, 0.3) is 0 Å². The van der Waals surface area contributed by atoms with E-state index in [1.807, 2.05) is 91.0 Å². The van der Waals surface area contributed by atoms with Crippen molar-refractivity contribution >= 4 is 0 Å². The second-order valence-corrected chi connectivity index (χ2v) is 6.77. The molecule has 0 spiro atoms. The van der Waals surface area contributed by atoms with Crippen LogP contribution in [0.15, 0.2) is 103 Å². The van der Waals surface area contributed by atoms with Gasteiger partial charge in [-0.2, -0.15) is 5.26 Å². The first-order chi connectivity index (χ1) is 13.6. The Morgan fingerprint density at radius 1 is 0.857 bits per heavy atom. The predicted molar refractivity (Wildman–Crippen MR) is 110 cm³/mol. The van der Waals surface area contributed by atoms with Gasteiger partial charge in [0, 0.05) is 18.4 Å². The summed E-state index contributed by atoms with van der Waals surface area (Å²) in [6, 6.07) is 30.3. The Kier molecular flexibility index (Phi) is 6.39. The fourth-order valence-corrected chi connectivity index (χ4v) is 3.28. The minimum absolute atomic E-state index is 0.209. The highest BCUT2D eigenvalue weighted by Gasteiger charge is 2.30. The van der Waals surface area contributed by atoms with Crippen molar-refractivity contribution in [3.63, 3.8) is 0 Å². The molecule has 1 unspecified atom stereocenters. The van der Waals surface area contributed by atoms with Crippen LogP contribution in [0.25, 0.3) is 0 Å². The largest absolute Gasteiger partial charge is 0.388 e. The molecule has 0 bridgehead atoms. The molecule has 0 radical (unpaired) electrons. The topological polar surface area (TPSA) is 64.2 Å². The monoisotopic (exact) mass is 369 g/mol. The standard InChI is InChI=1S/C25H23NO2/c26-19-20(18-24(27)21-10-4-1-5-11-21)16-17-25(28,22-12-6-2-7-13-22)23-14-8-3-9-15-23/h1-16,24,27-28H,17-18H2/b20-16+. The molecule has 0 aromatic heterocycles. The molecular formula is C25H23NO2. The van der Waals surface area contributed by atoms with Crippen molar-refractivity contribution in [2.75, 3.05) is 0 Å². The lowest BCUT2D eigenvalue weighted by molar-refractivity contribution is 0.0837. The van der Waals surface area contributed by atoms with Gasteiger partial charge >= 0.3 is 0 Å². The first kappa shape index (κ1) is 19.6. The van der Waals surface area contributed by atoms with Crippen LogP contribution in [-0.4, -0.2) is 10.2 Å². The van der Waals surface area contributed by atoms with Gasteiger partial charge in [-0.25, -0.2) is 0 Å². The Hall–Kier alpha value is -3.19. The molecule has 0 aliphatic rings. The van der Waals surface area contributed by atoms with Crippen molar-refractivity contribution in [1.82, 2.24) is 0 Å². The summed E-state index contributed by atoms with van der Waals surface area (Å²) < 4.78 is 0. The van der Waals surface area contributed by atoms with Crippen LogP contribution in [0, 0.1) is 11.3 Å². The fraction of sp³-hybridized carbons (Fsp3) is 0.160. The van der Waals surface area contributed by atoms with Crippen LogP contribution < -0.4 is 0 Å². The van der Waals surface area contributed by atoms with E-state index >= 15 is 0 Å². The number of hydrogen-bond acceptors (Lipinski definition) is 3. The molecule has 0 saturated heterocycles. The second kappa shape index (κ2) is 9.14. The zero-order valence-electron chi connectivity index (χ0n) is 15.6. The molecule has 3 aromatic carbocycles. The van der Waals surface area contributed by atoms with Gasteiger partial charge in [-0.1, -0.05) is 97.1 Å². The molecule has 2 N–H and O–H groups in total. The summed E-state index contributed by atoms with van der Waals surface area (Å²) >= 11 is 0. The molecule has 0 aliphatic heterocycles. The maximum atomic E-state index is 11.5. The van der Waals surface area contributed by atoms with Crippen LogP contribution in [0.3, 0.4) is 0 Å². The average molecular weight is 369 g/mol. The summed E-state index contributed by atoms with van der Waals surface area (Å²) in [5.74, 6) is 0. The summed E-state index contributed by atoms with van der Waals surface area (Å²) in [4.78, 5) is 0. The predicted octanol–water partition coefficient (Wildman–Crippen LogP) is 4.89. The molecular weight excluding hydrogens is 346 g/mol. The van der Waals surface area contributed by atoms with E-state index in [9.17, 15) is 15.5 Å². The highest BCUT2D eigenvalue weighted by Crippen LogP contribution is 2.34. The Morgan fingerprint density at radius 3 is 1.79 bits per heavy atom. The lowest BCUT2D eigenvalue weighted by Gasteiger charge is -2.28. The third kappa shape index (κ3) is 4.55. The van der Waals surface area contributed by atoms with E-state index < -0.39 is 11.7 Å². The van der Waals surface area contributed by atoms with Crippen LogP contribution in [0.5, 0.6) is 0 Å². The third-order valence-corrected chi connectivity index (χ3v) is 4.89. The fourth-order valence-electron chi connectivity index (χ4n) is 3.28. The van der Waals surface area contributed by atoms with E-state index in [2.05, 4.69) is 6.07 Å². The summed E-state index contributed by atoms with van der Waals surface area (Å²) in [5, 5.41) is 31.5. The first-order valence-electron chi connectivity index (χ1n) is 9.29. The van der Waals surface area contributed by atoms with Crippen molar-refractivity contribution < 1.29 is 10.2 Å². The average Bonchev–Trinajstić information content (AvgIpc) is 2.78. The number of benzene rings is 3. The molecule has 3 rings (SSSR count). The molecule has 1 atom stereocenters. The van der Waals surface area contributed by atoms with Crippen LogP contribution in [0.1, 0.15) is 35.6 Å². The molecule has 28 heavy (non-hydrogen) atoms. The van der Waals surface area contributed by atoms with Crippen LogP contribution in [0.2, 0.25) is 0 Å². The van der Waals surface area contributed by atoms with Crippen LogP contribution in [-0.2, 0) is 5.60 Å². The molecule has 3 nitrogen and oxygen atoms in total. The Bertz CT molecular complexity index is 905. The van der Waals surface area contributed by atoms with E-state index in [4.69, 9.17) is 0 Å². The van der Waals surface area contributed by atoms with Crippen molar-refractivity contribution in [2.45, 2.75) is 24.5 Å². The van der Waals surface area contributed by atoms with Gasteiger partial charge in [0.1, 0.15) is 5.60 Å². The highest BCUT2D eigenvalue weighted by molar-refractivity contribution is 5.38. The van der Waals surface area contributed by atoms with Gasteiger partial charge in [-0.3, -0.25) is 0 Å². The van der Waals surface area contributed by atoms with Gasteiger partial charge in [-0.05, 0) is 16.7 Å². The Morgan fingerprint density at radius 2 is 1.32 bits per heavy atom. The van der Waals surface area contributed by atoms with Crippen LogP contribution in [0.4, 0.5) is 0 Å². The van der Waals surface area contributed by atoms with Crippen molar-refractivity contribution in [2.24, 2.45) is 0 Å². The highest BCUT2D eigenvalue weighted by atomic mass is 16.3. The summed E-state index contributed by atoms with van der Waals surface area (Å²) in [5.41, 5.74) is 1.49. The number of aliphatic hydroxyl groups excluding tert-OH is 1. The molecule has 0 heterocycles. The number of hydrogen-bond donors (Lipinski definition) is 2. The van der Waals surface area contributed by atoms with Gasteiger partial charge in [0.2, 0.25) is 0 Å². The molecule has 0 fully saturated rings. The molecule has 0 aliphatic carbocycles. The second-order valence-electron chi connectivity index (χ2n) is 6.77. The van der Waals surface area contributed by atoms with Crippen molar-refractivity contribution in [3.8, 4) is 6.07 Å². The van der Waals surface area contributed by atoms with E-state index in [-0.39, 0.29) is 12.8 Å². The van der Waals surface area contributed by atoms with Gasteiger partial charge in [0.15, 0.2) is 0 Å². The lowest BCUT2D eigenvalue weighted by Crippen LogP contribution is -2.26. The van der Waals surface area contributed by atoms with Gasteiger partial charge in [-0.15, -0.1) is 0 Å². The Labute approximate surface area is 165 Å². The number of nitriles is 1. The molecule has 3 heteroatoms. The van der Waals surface area contributed by atoms with E-state index in [1.54, 1.807) is 6.08 Å². The minimum Gasteiger partial charge on any atom is -0.388 e. The van der Waals surface area contributed by atoms with Crippen LogP contribution >= 0.6 is 0 Å². The minimum atomic E-state index is -1.25. The zero-order chi connectivity index (χ0) is 19.8. The van der Waals surface area contributed by atoms with Gasteiger partial charge in [0.05, 0.1) is 12.2 Å². The summed E-state index contributed by atoms with van der Waals surface area (Å²) in [6.45, 7) is 0. The normalized spacial score (nSPS) is 13.0. The Balaban J connectivity index is 1.87. The number of nitrogens with zero attached hydrogens (tertiary/aromatic N) is 1. The molecule has 3 aromatic rings. The van der Waals surface area contributed by atoms with E-state index in [1.165, 1.54) is 0 Å². The maximum absolute atomic E-state index is 11.5. The third-order valence-electron chi connectivity index (χ3n) is 4.89. The number of rotatable bonds is 7. The first-order valence-corrected chi connectivity index (χ1v) is 9.29. The lowest BCUT2D eigenvalue weighted by atomic mass is 9.83. The summed E-state index contributed by atoms with van der Waals surface area (Å²) in [6.07, 6.45) is 1.42. The maximum Gasteiger partial charge on any atom is 0.118 e. The SMILES string of the molecule is N#C/C(=C/CC(O)(c1ccccc1)c1ccccc1)CC(O)c1ccccc1. The zero-order valence-corrected chi connectivity index (χ0v) is 15.6. The summed E-state index contributed by atoms with van der Waals surface area (Å²) in [7, 11) is 0. The van der Waals surface area contributed by atoms with Crippen molar-refractivity contribution in [1.29, 1.82) is 5.26 Å². The van der Waals surface area contributed by atoms with Crippen molar-refractivity contribution in [3.05, 3.63) is 119 Å². The number of aliphatic hydroxyl groups is 2.